The van der Waals surface area contributed by atoms with Crippen molar-refractivity contribution < 1.29 is 18.6 Å². The first-order valence-corrected chi connectivity index (χ1v) is 15.5. The van der Waals surface area contributed by atoms with Gasteiger partial charge in [0.1, 0.15) is 0 Å². The highest BCUT2D eigenvalue weighted by Gasteiger charge is 2.14. The summed E-state index contributed by atoms with van der Waals surface area (Å²) in [4.78, 5) is 0. The first-order valence-electron chi connectivity index (χ1n) is 13.7. The maximum atomic E-state index is 10.8. The monoisotopic (exact) mass is 521 g/mol. The van der Waals surface area contributed by atoms with Crippen LogP contribution < -0.4 is 0 Å². The van der Waals surface area contributed by atoms with Gasteiger partial charge in [0.15, 0.2) is 0 Å². The Morgan fingerprint density at radius 2 is 0.889 bits per heavy atom. The van der Waals surface area contributed by atoms with Crippen LogP contribution in [0.1, 0.15) is 84.5 Å². The molecule has 0 aliphatic carbocycles. The van der Waals surface area contributed by atoms with Crippen LogP contribution in [0, 0.1) is 0 Å². The fraction of sp³-hybridized carbons (Fsp3) is 0.600. The summed E-state index contributed by atoms with van der Waals surface area (Å²) in [6, 6.07) is 20.8. The molecule has 0 bridgehead atoms. The zero-order valence-electron chi connectivity index (χ0n) is 22.9. The lowest BCUT2D eigenvalue weighted by molar-refractivity contribution is 0.218. The number of benzene rings is 2. The summed E-state index contributed by atoms with van der Waals surface area (Å²) in [6.07, 6.45) is 17.0. The van der Waals surface area contributed by atoms with Crippen LogP contribution in [0.5, 0.6) is 0 Å². The summed E-state index contributed by atoms with van der Waals surface area (Å²) >= 11 is 0. The molecule has 0 aliphatic heterocycles. The molecule has 2 aromatic carbocycles. The van der Waals surface area contributed by atoms with Gasteiger partial charge in [-0.1, -0.05) is 145 Å². The third-order valence-corrected chi connectivity index (χ3v) is 7.06. The molecule has 0 aromatic heterocycles. The molecule has 0 saturated heterocycles. The predicted octanol–water partition coefficient (Wildman–Crippen LogP) is 6.90. The first-order chi connectivity index (χ1) is 17.4. The molecule has 2 rings (SSSR count). The van der Waals surface area contributed by atoms with E-state index in [0.717, 1.165) is 10.6 Å². The van der Waals surface area contributed by atoms with Gasteiger partial charge in [0.2, 0.25) is 10.0 Å². The summed E-state index contributed by atoms with van der Waals surface area (Å²) in [5.41, 5.74) is 2.55. The Morgan fingerprint density at radius 1 is 0.583 bits per heavy atom. The average molecular weight is 522 g/mol. The van der Waals surface area contributed by atoms with Crippen LogP contribution >= 0.6 is 0 Å². The predicted molar refractivity (Wildman–Crippen MR) is 155 cm³/mol. The lowest BCUT2D eigenvalue weighted by atomic mass is 10.1. The number of hydrogen-bond donors (Lipinski definition) is 2. The maximum Gasteiger partial charge on any atom is 0.211 e. The van der Waals surface area contributed by atoms with E-state index in [9.17, 15) is 8.42 Å². The van der Waals surface area contributed by atoms with Crippen LogP contribution in [0.25, 0.3) is 11.1 Å². The molecule has 0 radical (unpaired) electrons. The minimum atomic E-state index is -3.28. The van der Waals surface area contributed by atoms with Gasteiger partial charge in [-0.05, 0) is 11.1 Å². The zero-order valence-corrected chi connectivity index (χ0v) is 23.8. The Kier molecular flexibility index (Phi) is 22.5. The van der Waals surface area contributed by atoms with E-state index in [2.05, 4.69) is 62.4 Å². The van der Waals surface area contributed by atoms with E-state index in [-0.39, 0.29) is 26.3 Å². The van der Waals surface area contributed by atoms with Crippen LogP contribution in [0.2, 0.25) is 0 Å². The summed E-state index contributed by atoms with van der Waals surface area (Å²) in [7, 11) is -3.28. The van der Waals surface area contributed by atoms with Crippen LogP contribution in [-0.2, 0) is 10.0 Å². The summed E-state index contributed by atoms with van der Waals surface area (Å²) < 4.78 is 22.7. The second-order valence-corrected chi connectivity index (χ2v) is 11.0. The molecule has 6 heteroatoms. The van der Waals surface area contributed by atoms with Crippen molar-refractivity contribution in [1.82, 2.24) is 4.31 Å². The van der Waals surface area contributed by atoms with Crippen LogP contribution in [0.15, 0.2) is 60.7 Å². The Hall–Kier alpha value is -1.73. The van der Waals surface area contributed by atoms with Crippen molar-refractivity contribution in [3.8, 4) is 11.1 Å². The molecule has 2 N–H and O–H groups in total. The van der Waals surface area contributed by atoms with Crippen molar-refractivity contribution in [3.63, 3.8) is 0 Å². The Bertz CT molecular complexity index is 760. The van der Waals surface area contributed by atoms with Crippen LogP contribution in [0.3, 0.4) is 0 Å². The van der Waals surface area contributed by atoms with Gasteiger partial charge in [-0.2, -0.15) is 4.31 Å². The molecule has 0 amide bonds. The lowest BCUT2D eigenvalue weighted by Crippen LogP contribution is -2.34. The van der Waals surface area contributed by atoms with Gasteiger partial charge in [0.05, 0.1) is 19.5 Å². The maximum absolute atomic E-state index is 10.8. The zero-order chi connectivity index (χ0) is 26.9. The van der Waals surface area contributed by atoms with Gasteiger partial charge in [-0.25, -0.2) is 8.42 Å². The Balaban J connectivity index is 0.000000512. The quantitative estimate of drug-likeness (QED) is 0.235. The normalized spacial score (nSPS) is 10.8. The molecule has 5 nitrogen and oxygen atoms in total. The highest BCUT2D eigenvalue weighted by molar-refractivity contribution is 7.88. The molecule has 0 fully saturated rings. The lowest BCUT2D eigenvalue weighted by Gasteiger charge is -2.16. The van der Waals surface area contributed by atoms with E-state index in [1.807, 2.05) is 12.1 Å². The van der Waals surface area contributed by atoms with E-state index >= 15 is 0 Å². The second-order valence-electron chi connectivity index (χ2n) is 9.02. The van der Waals surface area contributed by atoms with Gasteiger partial charge in [0, 0.05) is 13.1 Å². The molecule has 0 atom stereocenters. The van der Waals surface area contributed by atoms with E-state index < -0.39 is 10.0 Å². The van der Waals surface area contributed by atoms with Crippen molar-refractivity contribution in [3.05, 3.63) is 60.7 Å². The van der Waals surface area contributed by atoms with E-state index in [1.165, 1.54) is 81.8 Å². The molecule has 0 heterocycles. The number of hydrogen-bond acceptors (Lipinski definition) is 4. The fourth-order valence-corrected chi connectivity index (χ4v) is 4.49. The van der Waals surface area contributed by atoms with Gasteiger partial charge < -0.3 is 10.2 Å². The highest BCUT2D eigenvalue weighted by atomic mass is 32.2. The molecule has 36 heavy (non-hydrogen) atoms. The highest BCUT2D eigenvalue weighted by Crippen LogP contribution is 2.17. The second kappa shape index (κ2) is 23.7. The minimum Gasteiger partial charge on any atom is -0.395 e. The number of rotatable bonds is 16. The molecule has 0 spiro atoms. The van der Waals surface area contributed by atoms with Crippen molar-refractivity contribution >= 4 is 10.0 Å². The molecular formula is C30H51NO4S. The van der Waals surface area contributed by atoms with E-state index in [1.54, 1.807) is 0 Å². The number of aliphatic hydroxyl groups excluding tert-OH is 2. The third-order valence-electron chi connectivity index (χ3n) is 5.76. The number of sulfonamides is 1. The van der Waals surface area contributed by atoms with Gasteiger partial charge in [-0.15, -0.1) is 0 Å². The van der Waals surface area contributed by atoms with Crippen molar-refractivity contribution in [2.45, 2.75) is 84.5 Å². The average Bonchev–Trinajstić information content (AvgIpc) is 2.89. The standard InChI is InChI=1S/C13H28.C12H10.C5H13NO4S/c1-3-5-7-9-11-13-12-10-8-6-4-2;1-3-7-11(8-4-1)12-9-5-2-6-10-12;1-11(9,10)6(2-4-7)3-5-8/h3-13H2,1-2H3;1-10H;7-8H,2-5H2,1H3. The minimum absolute atomic E-state index is 0.0411. The van der Waals surface area contributed by atoms with E-state index in [0.29, 0.717) is 0 Å². The van der Waals surface area contributed by atoms with Gasteiger partial charge >= 0.3 is 0 Å². The molecule has 206 valence electrons. The van der Waals surface area contributed by atoms with Crippen LogP contribution in [-0.4, -0.2) is 55.5 Å². The number of aliphatic hydroxyl groups is 2. The van der Waals surface area contributed by atoms with Crippen molar-refractivity contribution in [2.24, 2.45) is 0 Å². The summed E-state index contributed by atoms with van der Waals surface area (Å²) in [5, 5.41) is 16.9. The molecular weight excluding hydrogens is 470 g/mol. The van der Waals surface area contributed by atoms with Gasteiger partial charge in [-0.3, -0.25) is 0 Å². The number of unbranched alkanes of at least 4 members (excludes halogenated alkanes) is 10. The number of nitrogens with zero attached hydrogens (tertiary/aromatic N) is 1. The third kappa shape index (κ3) is 19.5. The fourth-order valence-electron chi connectivity index (χ4n) is 3.67. The molecule has 0 aliphatic rings. The Morgan fingerprint density at radius 3 is 1.14 bits per heavy atom. The van der Waals surface area contributed by atoms with Crippen LogP contribution in [0.4, 0.5) is 0 Å². The molecule has 2 aromatic rings. The Labute approximate surface area is 221 Å². The largest absolute Gasteiger partial charge is 0.395 e. The topological polar surface area (TPSA) is 77.8 Å². The smallest absolute Gasteiger partial charge is 0.211 e. The first kappa shape index (κ1) is 34.3. The van der Waals surface area contributed by atoms with Crippen molar-refractivity contribution in [2.75, 3.05) is 32.6 Å². The molecule has 0 unspecified atom stereocenters. The molecule has 0 saturated carbocycles. The summed E-state index contributed by atoms with van der Waals surface area (Å²) in [6.45, 7) is 4.19. The SMILES string of the molecule is CCCCCCCCCCCCC.CS(=O)(=O)N(CCO)CCO.c1ccc(-c2ccccc2)cc1. The summed E-state index contributed by atoms with van der Waals surface area (Å²) in [5.74, 6) is 0. The van der Waals surface area contributed by atoms with E-state index in [4.69, 9.17) is 10.2 Å². The van der Waals surface area contributed by atoms with Gasteiger partial charge in [0.25, 0.3) is 0 Å². The van der Waals surface area contributed by atoms with Crippen molar-refractivity contribution in [1.29, 1.82) is 0 Å².